The molecular formula is C16H22N6O2. The Labute approximate surface area is 140 Å². The molecule has 128 valence electrons. The highest BCUT2D eigenvalue weighted by Crippen LogP contribution is 2.21. The molecule has 2 aromatic rings. The fraction of sp³-hybridized carbons (Fsp3) is 0.438. The van der Waals surface area contributed by atoms with Gasteiger partial charge in [-0.25, -0.2) is 5.48 Å². The summed E-state index contributed by atoms with van der Waals surface area (Å²) < 4.78 is 0. The van der Waals surface area contributed by atoms with Crippen molar-refractivity contribution in [1.29, 1.82) is 0 Å². The van der Waals surface area contributed by atoms with E-state index in [0.29, 0.717) is 25.0 Å². The summed E-state index contributed by atoms with van der Waals surface area (Å²) in [6.07, 6.45) is 1.98. The van der Waals surface area contributed by atoms with Crippen molar-refractivity contribution in [2.24, 2.45) is 5.92 Å². The quantitative estimate of drug-likeness (QED) is 0.590. The Balaban J connectivity index is 1.75. The lowest BCUT2D eigenvalue weighted by atomic mass is 9.99. The molecule has 1 aliphatic heterocycles. The topological polar surface area (TPSA) is 106 Å². The number of rotatable bonds is 6. The van der Waals surface area contributed by atoms with Gasteiger partial charge in [0.2, 0.25) is 11.9 Å². The fourth-order valence-corrected chi connectivity index (χ4v) is 2.81. The monoisotopic (exact) mass is 330 g/mol. The van der Waals surface area contributed by atoms with Crippen LogP contribution in [0.2, 0.25) is 0 Å². The van der Waals surface area contributed by atoms with Crippen LogP contribution in [0.4, 0.5) is 17.8 Å². The first-order valence-electron chi connectivity index (χ1n) is 8.08. The van der Waals surface area contributed by atoms with Crippen molar-refractivity contribution in [1.82, 2.24) is 15.0 Å². The number of hydrogen-bond donors (Lipinski definition) is 4. The number of aromatic nitrogens is 3. The molecule has 3 rings (SSSR count). The Bertz CT molecular complexity index is 654. The first-order valence-corrected chi connectivity index (χ1v) is 8.08. The van der Waals surface area contributed by atoms with Crippen LogP contribution in [-0.4, -0.2) is 45.0 Å². The molecule has 4 N–H and O–H groups in total. The van der Waals surface area contributed by atoms with Gasteiger partial charge in [-0.15, -0.1) is 0 Å². The number of benzene rings is 1. The van der Waals surface area contributed by atoms with Gasteiger partial charge in [-0.3, -0.25) is 5.21 Å². The molecule has 1 saturated heterocycles. The average molecular weight is 330 g/mol. The molecule has 1 atom stereocenters. The summed E-state index contributed by atoms with van der Waals surface area (Å²) in [5.74, 6) is 1.21. The van der Waals surface area contributed by atoms with Crippen molar-refractivity contribution < 1.29 is 10.3 Å². The lowest BCUT2D eigenvalue weighted by Gasteiger charge is -2.31. The van der Waals surface area contributed by atoms with Crippen LogP contribution in [0.25, 0.3) is 0 Å². The highest BCUT2D eigenvalue weighted by atomic mass is 16.5. The van der Waals surface area contributed by atoms with Gasteiger partial charge in [0.1, 0.15) is 0 Å². The summed E-state index contributed by atoms with van der Waals surface area (Å²) >= 11 is 0. The third kappa shape index (κ3) is 4.09. The van der Waals surface area contributed by atoms with E-state index in [-0.39, 0.29) is 18.5 Å². The van der Waals surface area contributed by atoms with E-state index in [1.807, 2.05) is 40.7 Å². The largest absolute Gasteiger partial charge is 0.396 e. The van der Waals surface area contributed by atoms with Crippen LogP contribution in [0.5, 0.6) is 0 Å². The molecule has 8 heteroatoms. The first-order chi connectivity index (χ1) is 11.8. The maximum Gasteiger partial charge on any atom is 0.253 e. The summed E-state index contributed by atoms with van der Waals surface area (Å²) in [5, 5.41) is 21.7. The van der Waals surface area contributed by atoms with Gasteiger partial charge in [0.15, 0.2) is 0 Å². The molecule has 1 aromatic carbocycles. The molecule has 0 bridgehead atoms. The van der Waals surface area contributed by atoms with E-state index in [2.05, 4.69) is 20.3 Å². The Morgan fingerprint density at radius 1 is 1.12 bits per heavy atom. The molecule has 0 spiro atoms. The SMILES string of the molecule is OCC1CCCN(c2nc(NO)nc(NCc3ccccc3)n2)C1. The van der Waals surface area contributed by atoms with E-state index in [1.54, 1.807) is 0 Å². The maximum absolute atomic E-state index is 9.38. The molecule has 8 nitrogen and oxygen atoms in total. The smallest absolute Gasteiger partial charge is 0.253 e. The Morgan fingerprint density at radius 3 is 2.67 bits per heavy atom. The summed E-state index contributed by atoms with van der Waals surface area (Å²) in [7, 11) is 0. The number of nitrogens with zero attached hydrogens (tertiary/aromatic N) is 4. The molecule has 1 fully saturated rings. The van der Waals surface area contributed by atoms with Crippen LogP contribution in [0.3, 0.4) is 0 Å². The van der Waals surface area contributed by atoms with Crippen LogP contribution < -0.4 is 15.7 Å². The van der Waals surface area contributed by atoms with Gasteiger partial charge in [-0.2, -0.15) is 15.0 Å². The van der Waals surface area contributed by atoms with Crippen molar-refractivity contribution in [2.75, 3.05) is 35.4 Å². The molecule has 0 aliphatic carbocycles. The minimum absolute atomic E-state index is 0.0988. The zero-order valence-corrected chi connectivity index (χ0v) is 13.4. The van der Waals surface area contributed by atoms with Crippen LogP contribution in [0.15, 0.2) is 30.3 Å². The van der Waals surface area contributed by atoms with Crippen LogP contribution in [-0.2, 0) is 6.54 Å². The highest BCUT2D eigenvalue weighted by molar-refractivity contribution is 5.43. The Kier molecular flexibility index (Phi) is 5.39. The van der Waals surface area contributed by atoms with E-state index in [4.69, 9.17) is 0 Å². The van der Waals surface area contributed by atoms with Crippen molar-refractivity contribution in [2.45, 2.75) is 19.4 Å². The molecule has 24 heavy (non-hydrogen) atoms. The third-order valence-electron chi connectivity index (χ3n) is 4.08. The average Bonchev–Trinajstić information content (AvgIpc) is 2.67. The molecule has 1 aliphatic rings. The first kappa shape index (κ1) is 16.4. The summed E-state index contributed by atoms with van der Waals surface area (Å²) in [6, 6.07) is 9.93. The van der Waals surface area contributed by atoms with E-state index in [1.165, 1.54) is 0 Å². The molecule has 0 saturated carbocycles. The second-order valence-corrected chi connectivity index (χ2v) is 5.87. The minimum Gasteiger partial charge on any atom is -0.396 e. The van der Waals surface area contributed by atoms with Crippen LogP contribution in [0, 0.1) is 5.92 Å². The molecule has 1 unspecified atom stereocenters. The standard InChI is InChI=1S/C16H22N6O2/c23-11-13-7-4-8-22(10-13)16-19-14(18-15(20-16)21-24)17-9-12-5-2-1-3-6-12/h1-3,5-6,13,23-24H,4,7-11H2,(H2,17,18,19,20,21). The van der Waals surface area contributed by atoms with Gasteiger partial charge in [-0.05, 0) is 24.3 Å². The van der Waals surface area contributed by atoms with Crippen LogP contribution in [0.1, 0.15) is 18.4 Å². The predicted molar refractivity (Wildman–Crippen MR) is 91.0 cm³/mol. The van der Waals surface area contributed by atoms with Gasteiger partial charge in [-0.1, -0.05) is 30.3 Å². The van der Waals surface area contributed by atoms with E-state index < -0.39 is 0 Å². The normalized spacial score (nSPS) is 17.6. The van der Waals surface area contributed by atoms with Crippen molar-refractivity contribution in [3.05, 3.63) is 35.9 Å². The van der Waals surface area contributed by atoms with Crippen LogP contribution >= 0.6 is 0 Å². The zero-order chi connectivity index (χ0) is 16.8. The fourth-order valence-electron chi connectivity index (χ4n) is 2.81. The van der Waals surface area contributed by atoms with Gasteiger partial charge in [0.05, 0.1) is 0 Å². The minimum atomic E-state index is 0.0988. The lowest BCUT2D eigenvalue weighted by molar-refractivity contribution is 0.208. The van der Waals surface area contributed by atoms with Gasteiger partial charge >= 0.3 is 0 Å². The summed E-state index contributed by atoms with van der Waals surface area (Å²) in [6.45, 7) is 2.26. The molecule has 1 aromatic heterocycles. The number of aliphatic hydroxyl groups is 1. The lowest BCUT2D eigenvalue weighted by Crippen LogP contribution is -2.38. The van der Waals surface area contributed by atoms with Crippen molar-refractivity contribution in [3.63, 3.8) is 0 Å². The maximum atomic E-state index is 9.38. The second kappa shape index (κ2) is 7.89. The number of piperidine rings is 1. The van der Waals surface area contributed by atoms with Crippen molar-refractivity contribution >= 4 is 17.8 Å². The van der Waals surface area contributed by atoms with Crippen molar-refractivity contribution in [3.8, 4) is 0 Å². The van der Waals surface area contributed by atoms with Gasteiger partial charge in [0.25, 0.3) is 5.95 Å². The highest BCUT2D eigenvalue weighted by Gasteiger charge is 2.22. The van der Waals surface area contributed by atoms with E-state index >= 15 is 0 Å². The third-order valence-corrected chi connectivity index (χ3v) is 4.08. The Morgan fingerprint density at radius 2 is 1.92 bits per heavy atom. The number of nitrogens with one attached hydrogen (secondary N) is 2. The Hall–Kier alpha value is -2.45. The molecular weight excluding hydrogens is 308 g/mol. The van der Waals surface area contributed by atoms with Gasteiger partial charge < -0.3 is 15.3 Å². The zero-order valence-electron chi connectivity index (χ0n) is 13.4. The molecule has 0 radical (unpaired) electrons. The number of aliphatic hydroxyl groups excluding tert-OH is 1. The molecule has 0 amide bonds. The van der Waals surface area contributed by atoms with Gasteiger partial charge in [0, 0.05) is 26.2 Å². The molecule has 2 heterocycles. The number of hydrogen-bond acceptors (Lipinski definition) is 8. The number of anilines is 3. The van der Waals surface area contributed by atoms with E-state index in [0.717, 1.165) is 24.9 Å². The summed E-state index contributed by atoms with van der Waals surface area (Å²) in [5.41, 5.74) is 3.10. The van der Waals surface area contributed by atoms with E-state index in [9.17, 15) is 10.3 Å². The summed E-state index contributed by atoms with van der Waals surface area (Å²) in [4.78, 5) is 14.8. The second-order valence-electron chi connectivity index (χ2n) is 5.87. The predicted octanol–water partition coefficient (Wildman–Crippen LogP) is 1.49.